The van der Waals surface area contributed by atoms with Crippen molar-refractivity contribution in [2.45, 2.75) is 24.4 Å². The highest BCUT2D eigenvalue weighted by atomic mass is 32.2. The van der Waals surface area contributed by atoms with Crippen LogP contribution in [-0.2, 0) is 12.4 Å². The van der Waals surface area contributed by atoms with Crippen LogP contribution in [0.25, 0.3) is 0 Å². The number of methoxy groups -OCH3 is 1. The Morgan fingerprint density at radius 1 is 0.970 bits per heavy atom. The Morgan fingerprint density at radius 2 is 1.76 bits per heavy atom. The summed E-state index contributed by atoms with van der Waals surface area (Å²) in [6.07, 6.45) is 1.70. The Morgan fingerprint density at radius 3 is 2.52 bits per heavy atom. The molecule has 0 saturated carbocycles. The third-order valence-corrected chi connectivity index (χ3v) is 5.81. The summed E-state index contributed by atoms with van der Waals surface area (Å²) in [4.78, 5) is 0. The molecule has 0 aliphatic heterocycles. The zero-order valence-electron chi connectivity index (χ0n) is 18.3. The lowest BCUT2D eigenvalue weighted by Crippen LogP contribution is -2.02. The molecule has 0 amide bonds. The zero-order valence-corrected chi connectivity index (χ0v) is 19.1. The van der Waals surface area contributed by atoms with Gasteiger partial charge in [0.15, 0.2) is 17.3 Å². The second-order valence-electron chi connectivity index (χ2n) is 7.15. The van der Waals surface area contributed by atoms with Gasteiger partial charge in [-0.3, -0.25) is 0 Å². The third kappa shape index (κ3) is 5.78. The van der Waals surface area contributed by atoms with Crippen LogP contribution in [0.1, 0.15) is 22.5 Å². The molecule has 4 rings (SSSR count). The number of aryl methyl sites for hydroxylation is 1. The summed E-state index contributed by atoms with van der Waals surface area (Å²) in [7, 11) is 1.59. The summed E-state index contributed by atoms with van der Waals surface area (Å²) in [5, 5.41) is 13.7. The Balaban J connectivity index is 1.54. The number of ether oxygens (including phenoxy) is 2. The largest absolute Gasteiger partial charge is 0.493 e. The highest BCUT2D eigenvalue weighted by Crippen LogP contribution is 2.31. The van der Waals surface area contributed by atoms with Crippen LogP contribution < -0.4 is 9.47 Å². The molecule has 0 bridgehead atoms. The highest BCUT2D eigenvalue weighted by molar-refractivity contribution is 7.98. The average Bonchev–Trinajstić information content (AvgIpc) is 3.20. The molecule has 0 fully saturated rings. The molecule has 8 heteroatoms. The Kier molecular flexibility index (Phi) is 7.36. The number of benzene rings is 3. The average molecular weight is 463 g/mol. The van der Waals surface area contributed by atoms with Crippen LogP contribution in [0.5, 0.6) is 11.5 Å². The van der Waals surface area contributed by atoms with E-state index in [1.54, 1.807) is 41.9 Å². The van der Waals surface area contributed by atoms with E-state index in [1.807, 2.05) is 43.3 Å². The van der Waals surface area contributed by atoms with Crippen molar-refractivity contribution in [3.63, 3.8) is 0 Å². The first-order chi connectivity index (χ1) is 16.1. The van der Waals surface area contributed by atoms with E-state index in [0.29, 0.717) is 22.5 Å². The van der Waals surface area contributed by atoms with Crippen molar-refractivity contribution < 1.29 is 13.9 Å². The normalized spacial score (nSPS) is 11.1. The molecular weight excluding hydrogens is 439 g/mol. The minimum absolute atomic E-state index is 0.269. The predicted molar refractivity (Wildman–Crippen MR) is 127 cm³/mol. The fourth-order valence-corrected chi connectivity index (χ4v) is 3.98. The van der Waals surface area contributed by atoms with Crippen LogP contribution in [-0.4, -0.2) is 28.2 Å². The summed E-state index contributed by atoms with van der Waals surface area (Å²) < 4.78 is 26.4. The first kappa shape index (κ1) is 22.5. The maximum atomic E-state index is 13.2. The molecule has 1 heterocycles. The minimum atomic E-state index is -0.283. The van der Waals surface area contributed by atoms with Crippen LogP contribution in [0.3, 0.4) is 0 Å². The number of rotatable bonds is 9. The maximum Gasteiger partial charge on any atom is 0.212 e. The molecule has 0 radical (unpaired) electrons. The number of thioether (sulfide) groups is 1. The third-order valence-electron chi connectivity index (χ3n) is 4.82. The first-order valence-electron chi connectivity index (χ1n) is 10.3. The van der Waals surface area contributed by atoms with Gasteiger partial charge >= 0.3 is 0 Å². The van der Waals surface area contributed by atoms with Gasteiger partial charge in [-0.05, 0) is 42.3 Å². The van der Waals surface area contributed by atoms with E-state index < -0.39 is 0 Å². The van der Waals surface area contributed by atoms with Gasteiger partial charge in [0.05, 0.1) is 13.3 Å². The van der Waals surface area contributed by atoms with Crippen molar-refractivity contribution in [2.75, 3.05) is 7.11 Å². The van der Waals surface area contributed by atoms with E-state index >= 15 is 0 Å². The Labute approximate surface area is 196 Å². The quantitative estimate of drug-likeness (QED) is 0.243. The lowest BCUT2D eigenvalue weighted by Gasteiger charge is -2.13. The molecule has 0 atom stereocenters. The number of nitrogens with zero attached hydrogens (tertiary/aromatic N) is 4. The summed E-state index contributed by atoms with van der Waals surface area (Å²) >= 11 is 1.57. The summed E-state index contributed by atoms with van der Waals surface area (Å²) in [6.45, 7) is 2.12. The van der Waals surface area contributed by atoms with E-state index in [9.17, 15) is 4.39 Å². The van der Waals surface area contributed by atoms with Gasteiger partial charge < -0.3 is 9.47 Å². The van der Waals surface area contributed by atoms with E-state index in [2.05, 4.69) is 27.4 Å². The van der Waals surface area contributed by atoms with Gasteiger partial charge in [0.2, 0.25) is 5.16 Å². The standard InChI is InChI=1S/C25H23FN4O2S/c1-18-28-29-25(33-17-20-7-4-3-5-8-20)30(18)27-15-21-9-6-10-23(31-2)24(21)32-16-19-11-13-22(26)14-12-19/h3-15H,16-17H2,1-2H3/b27-15+. The van der Waals surface area contributed by atoms with Gasteiger partial charge in [-0.1, -0.05) is 60.3 Å². The fraction of sp³-hybridized carbons (Fsp3) is 0.160. The van der Waals surface area contributed by atoms with Gasteiger partial charge in [0, 0.05) is 11.3 Å². The molecule has 4 aromatic rings. The van der Waals surface area contributed by atoms with Gasteiger partial charge in [0.25, 0.3) is 0 Å². The molecular formula is C25H23FN4O2S. The Bertz CT molecular complexity index is 1230. The van der Waals surface area contributed by atoms with E-state index in [0.717, 1.165) is 16.9 Å². The van der Waals surface area contributed by atoms with Gasteiger partial charge in [-0.2, -0.15) is 9.78 Å². The monoisotopic (exact) mass is 462 g/mol. The molecule has 33 heavy (non-hydrogen) atoms. The molecule has 3 aromatic carbocycles. The lowest BCUT2D eigenvalue weighted by molar-refractivity contribution is 0.284. The maximum absolute atomic E-state index is 13.2. The molecule has 0 aliphatic rings. The lowest BCUT2D eigenvalue weighted by atomic mass is 10.2. The van der Waals surface area contributed by atoms with Crippen molar-refractivity contribution in [2.24, 2.45) is 5.10 Å². The molecule has 168 valence electrons. The number of para-hydroxylation sites is 1. The van der Waals surface area contributed by atoms with Crippen molar-refractivity contribution in [3.05, 3.63) is 101 Å². The molecule has 0 spiro atoms. The van der Waals surface area contributed by atoms with Crippen molar-refractivity contribution >= 4 is 18.0 Å². The van der Waals surface area contributed by atoms with Crippen LogP contribution in [0.4, 0.5) is 4.39 Å². The second kappa shape index (κ2) is 10.8. The number of halogens is 1. The van der Waals surface area contributed by atoms with Crippen LogP contribution >= 0.6 is 11.8 Å². The van der Waals surface area contributed by atoms with Gasteiger partial charge in [-0.25, -0.2) is 4.39 Å². The van der Waals surface area contributed by atoms with E-state index in [-0.39, 0.29) is 12.4 Å². The molecule has 0 saturated heterocycles. The zero-order chi connectivity index (χ0) is 23.0. The topological polar surface area (TPSA) is 61.5 Å². The molecule has 0 N–H and O–H groups in total. The molecule has 0 unspecified atom stereocenters. The minimum Gasteiger partial charge on any atom is -0.493 e. The van der Waals surface area contributed by atoms with Crippen molar-refractivity contribution in [1.82, 2.24) is 14.9 Å². The van der Waals surface area contributed by atoms with Crippen LogP contribution in [0, 0.1) is 12.7 Å². The van der Waals surface area contributed by atoms with Crippen LogP contribution in [0.2, 0.25) is 0 Å². The Hall–Kier alpha value is -3.65. The summed E-state index contributed by atoms with van der Waals surface area (Å²) in [6, 6.07) is 22.0. The highest BCUT2D eigenvalue weighted by Gasteiger charge is 2.12. The first-order valence-corrected chi connectivity index (χ1v) is 11.3. The van der Waals surface area contributed by atoms with Gasteiger partial charge in [0.1, 0.15) is 12.4 Å². The number of hydrogen-bond acceptors (Lipinski definition) is 6. The predicted octanol–water partition coefficient (Wildman–Crippen LogP) is 5.49. The number of hydrogen-bond donors (Lipinski definition) is 0. The fourth-order valence-electron chi connectivity index (χ4n) is 3.09. The molecule has 6 nitrogen and oxygen atoms in total. The summed E-state index contributed by atoms with van der Waals surface area (Å²) in [5.74, 6) is 2.30. The second-order valence-corrected chi connectivity index (χ2v) is 8.10. The number of aromatic nitrogens is 3. The molecule has 0 aliphatic carbocycles. The van der Waals surface area contributed by atoms with Crippen molar-refractivity contribution in [1.29, 1.82) is 0 Å². The van der Waals surface area contributed by atoms with Crippen molar-refractivity contribution in [3.8, 4) is 11.5 Å². The SMILES string of the molecule is COc1cccc(/C=N/n2c(C)nnc2SCc2ccccc2)c1OCc1ccc(F)cc1. The van der Waals surface area contributed by atoms with E-state index in [1.165, 1.54) is 17.7 Å². The smallest absolute Gasteiger partial charge is 0.212 e. The summed E-state index contributed by atoms with van der Waals surface area (Å²) in [5.41, 5.74) is 2.78. The molecule has 1 aromatic heterocycles. The van der Waals surface area contributed by atoms with Gasteiger partial charge in [-0.15, -0.1) is 10.2 Å². The van der Waals surface area contributed by atoms with E-state index in [4.69, 9.17) is 9.47 Å². The van der Waals surface area contributed by atoms with Crippen LogP contribution in [0.15, 0.2) is 83.1 Å².